The van der Waals surface area contributed by atoms with Gasteiger partial charge in [-0.05, 0) is 61.4 Å². The van der Waals surface area contributed by atoms with Gasteiger partial charge in [0.15, 0.2) is 0 Å². The maximum Gasteiger partial charge on any atom is 0.317 e. The number of nitrogens with two attached hydrogens (primary N) is 4. The predicted molar refractivity (Wildman–Crippen MR) is 201 cm³/mol. The number of guanidine groups is 4. The molecule has 0 saturated heterocycles. The molecule has 0 bridgehead atoms. The number of carboxylic acids is 4. The summed E-state index contributed by atoms with van der Waals surface area (Å²) < 4.78 is 0. The number of nitrogens with one attached hydrogen (secondary N) is 4. The molecule has 0 amide bonds. The molecule has 2 aromatic rings. The fourth-order valence-electron chi connectivity index (χ4n) is 3.25. The van der Waals surface area contributed by atoms with Crippen molar-refractivity contribution in [3.05, 3.63) is 58.6 Å². The summed E-state index contributed by atoms with van der Waals surface area (Å²) in [5.74, 6) is -3.67. The second-order valence-electron chi connectivity index (χ2n) is 9.93. The Bertz CT molecular complexity index is 1380. The quantitative estimate of drug-likeness (QED) is 0.0602. The minimum Gasteiger partial charge on any atom is -0.480 e. The predicted octanol–water partition coefficient (Wildman–Crippen LogP) is 0.827. The molecule has 0 spiro atoms. The molecule has 52 heavy (non-hydrogen) atoms. The first-order valence-corrected chi connectivity index (χ1v) is 15.9. The van der Waals surface area contributed by atoms with Gasteiger partial charge in [-0.15, -0.1) is 0 Å². The topological polar surface area (TPSA) is 351 Å². The first kappa shape index (κ1) is 46.3. The summed E-state index contributed by atoms with van der Waals surface area (Å²) in [4.78, 5) is 55.4. The van der Waals surface area contributed by atoms with Gasteiger partial charge in [-0.25, -0.2) is 0 Å². The summed E-state index contributed by atoms with van der Waals surface area (Å²) in [5, 5.41) is 43.4. The molecular formula is C30H44Cl2N12O8. The van der Waals surface area contributed by atoms with Gasteiger partial charge in [-0.3, -0.25) is 39.8 Å². The summed E-state index contributed by atoms with van der Waals surface area (Å²) in [6.45, 7) is -0.129. The Hall–Kier alpha value is -5.70. The third-order valence-electron chi connectivity index (χ3n) is 5.42. The number of carboxylic acid groups (broad SMARTS) is 4. The molecule has 0 aromatic heterocycles. The minimum absolute atomic E-state index is 0.124. The number of hydrogen-bond donors (Lipinski definition) is 12. The fraction of sp³-hybridized carbons (Fsp3) is 0.333. The van der Waals surface area contributed by atoms with Gasteiger partial charge < -0.3 is 54.0 Å². The van der Waals surface area contributed by atoms with Gasteiger partial charge in [0.2, 0.25) is 23.8 Å². The van der Waals surface area contributed by atoms with E-state index < -0.39 is 23.9 Å². The molecule has 0 aliphatic rings. The molecule has 0 fully saturated rings. The molecule has 22 heteroatoms. The van der Waals surface area contributed by atoms with E-state index in [1.165, 1.54) is 0 Å². The molecule has 0 aliphatic carbocycles. The Morgan fingerprint density at radius 3 is 1.08 bits per heavy atom. The lowest BCUT2D eigenvalue weighted by Gasteiger charge is -2.05. The Labute approximate surface area is 309 Å². The third kappa shape index (κ3) is 29.2. The smallest absolute Gasteiger partial charge is 0.317 e. The molecule has 20 nitrogen and oxygen atoms in total. The van der Waals surface area contributed by atoms with Crippen molar-refractivity contribution in [2.75, 3.05) is 49.9 Å². The van der Waals surface area contributed by atoms with Gasteiger partial charge in [0, 0.05) is 34.5 Å². The highest BCUT2D eigenvalue weighted by atomic mass is 35.5. The number of unbranched alkanes of at least 4 members (excludes halogenated alkanes) is 3. The standard InChI is InChI=1S/C22H30Cl2N10.2C4H7NO4/c23-15-5-9-17(10-6-15)31-21(27)33-19(25)29-13-3-1-2-4-14-30-20(26)34-22(28)32-18-11-7-16(24)8-12-18;2*6-3(7)1-5-2-4(8)9/h5-12H,1-4,13-14H2,(H5,25,27,29,31,33)(H5,26,28,30,32,34);2*5H,1-2H2,(H,6,7)(H,8,9). The van der Waals surface area contributed by atoms with E-state index in [9.17, 15) is 19.2 Å². The van der Waals surface area contributed by atoms with Crippen LogP contribution in [-0.4, -0.2) is 107 Å². The van der Waals surface area contributed by atoms with Crippen LogP contribution < -0.4 is 44.2 Å². The van der Waals surface area contributed by atoms with E-state index in [-0.39, 0.29) is 50.0 Å². The molecule has 2 aromatic carbocycles. The molecule has 286 valence electrons. The van der Waals surface area contributed by atoms with Crippen LogP contribution in [0.4, 0.5) is 11.4 Å². The lowest BCUT2D eigenvalue weighted by Crippen LogP contribution is -2.27. The normalized spacial score (nSPS) is 11.7. The summed E-state index contributed by atoms with van der Waals surface area (Å²) in [6.07, 6.45) is 3.68. The van der Waals surface area contributed by atoms with Crippen molar-refractivity contribution in [2.45, 2.75) is 25.7 Å². The van der Waals surface area contributed by atoms with Crippen LogP contribution in [0.1, 0.15) is 25.7 Å². The van der Waals surface area contributed by atoms with Crippen molar-refractivity contribution < 1.29 is 39.6 Å². The zero-order valence-electron chi connectivity index (χ0n) is 28.0. The highest BCUT2D eigenvalue weighted by Gasteiger charge is 2.00. The van der Waals surface area contributed by atoms with Crippen molar-refractivity contribution >= 4 is 82.3 Å². The summed E-state index contributed by atoms with van der Waals surface area (Å²) in [6, 6.07) is 14.1. The zero-order valence-corrected chi connectivity index (χ0v) is 29.5. The highest BCUT2D eigenvalue weighted by Crippen LogP contribution is 2.13. The van der Waals surface area contributed by atoms with Crippen LogP contribution in [0.15, 0.2) is 68.5 Å². The maximum absolute atomic E-state index is 9.73. The number of anilines is 2. The van der Waals surface area contributed by atoms with Crippen LogP contribution >= 0.6 is 23.2 Å². The number of aliphatic imine (C=N–C) groups is 4. The summed E-state index contributed by atoms with van der Waals surface area (Å²) in [7, 11) is 0. The van der Waals surface area contributed by atoms with Crippen molar-refractivity contribution in [2.24, 2.45) is 42.9 Å². The number of rotatable bonds is 17. The maximum atomic E-state index is 9.73. The van der Waals surface area contributed by atoms with E-state index in [1.54, 1.807) is 48.5 Å². The Morgan fingerprint density at radius 1 is 0.519 bits per heavy atom. The van der Waals surface area contributed by atoms with Crippen LogP contribution in [0.3, 0.4) is 0 Å². The number of carbonyl (C=O) groups is 4. The minimum atomic E-state index is -1.06. The van der Waals surface area contributed by atoms with E-state index in [4.69, 9.17) is 66.6 Å². The van der Waals surface area contributed by atoms with E-state index in [1.807, 2.05) is 0 Å². The zero-order chi connectivity index (χ0) is 39.3. The van der Waals surface area contributed by atoms with Crippen LogP contribution in [-0.2, 0) is 19.2 Å². The monoisotopic (exact) mass is 770 g/mol. The van der Waals surface area contributed by atoms with Gasteiger partial charge in [-0.2, -0.15) is 9.98 Å². The lowest BCUT2D eigenvalue weighted by molar-refractivity contribution is -0.139. The molecule has 16 N–H and O–H groups in total. The van der Waals surface area contributed by atoms with Crippen molar-refractivity contribution in [3.8, 4) is 0 Å². The highest BCUT2D eigenvalue weighted by molar-refractivity contribution is 6.31. The average molecular weight is 772 g/mol. The number of aliphatic carboxylic acids is 4. The molecule has 0 aliphatic heterocycles. The van der Waals surface area contributed by atoms with Crippen molar-refractivity contribution in [1.29, 1.82) is 0 Å². The van der Waals surface area contributed by atoms with Crippen LogP contribution in [0.5, 0.6) is 0 Å². The second-order valence-corrected chi connectivity index (χ2v) is 10.8. The van der Waals surface area contributed by atoms with Crippen molar-refractivity contribution in [3.63, 3.8) is 0 Å². The Morgan fingerprint density at radius 2 is 0.808 bits per heavy atom. The summed E-state index contributed by atoms with van der Waals surface area (Å²) >= 11 is 11.7. The van der Waals surface area contributed by atoms with Gasteiger partial charge in [0.05, 0.1) is 26.2 Å². The first-order valence-electron chi connectivity index (χ1n) is 15.2. The molecule has 0 heterocycles. The molecular weight excluding hydrogens is 727 g/mol. The summed E-state index contributed by atoms with van der Waals surface area (Å²) in [5.41, 5.74) is 24.8. The number of halogens is 2. The molecule has 0 radical (unpaired) electrons. The fourth-order valence-corrected chi connectivity index (χ4v) is 3.50. The van der Waals surface area contributed by atoms with Gasteiger partial charge >= 0.3 is 23.9 Å². The van der Waals surface area contributed by atoms with Gasteiger partial charge in [-0.1, -0.05) is 36.0 Å². The lowest BCUT2D eigenvalue weighted by atomic mass is 10.2. The third-order valence-corrected chi connectivity index (χ3v) is 5.93. The number of hydrogen-bond acceptors (Lipinski definition) is 8. The molecule has 0 saturated carbocycles. The SMILES string of the molecule is NC(=NCCCCCCN=C(N)N=C(N)Nc1ccc(Cl)cc1)N=C(N)Nc1ccc(Cl)cc1.O=C(O)CNCC(=O)O.O=C(O)CNCC(=O)O. The number of nitrogens with zero attached hydrogens (tertiary/aromatic N) is 4. The van der Waals surface area contributed by atoms with Crippen molar-refractivity contribution in [1.82, 2.24) is 10.6 Å². The van der Waals surface area contributed by atoms with E-state index in [0.29, 0.717) is 23.1 Å². The Kier molecular flexibility index (Phi) is 25.0. The molecule has 2 rings (SSSR count). The largest absolute Gasteiger partial charge is 0.480 e. The first-order chi connectivity index (χ1) is 24.6. The molecule has 0 atom stereocenters. The molecule has 0 unspecified atom stereocenters. The van der Waals surface area contributed by atoms with Crippen LogP contribution in [0.2, 0.25) is 10.0 Å². The van der Waals surface area contributed by atoms with Gasteiger partial charge in [0.1, 0.15) is 0 Å². The van der Waals surface area contributed by atoms with Gasteiger partial charge in [0.25, 0.3) is 0 Å². The Balaban J connectivity index is 0.00000118. The average Bonchev–Trinajstić information content (AvgIpc) is 3.04. The van der Waals surface area contributed by atoms with Crippen LogP contribution in [0.25, 0.3) is 0 Å². The number of benzene rings is 2. The van der Waals surface area contributed by atoms with E-state index >= 15 is 0 Å². The van der Waals surface area contributed by atoms with E-state index in [2.05, 4.69) is 41.2 Å². The van der Waals surface area contributed by atoms with Crippen LogP contribution in [0, 0.1) is 0 Å². The second kappa shape index (κ2) is 28.0. The van der Waals surface area contributed by atoms with E-state index in [0.717, 1.165) is 37.1 Å².